The standard InChI is InChI=1S/C26H29NO6.C6H8O7/c1-16(2)27(13-18-8-6-5-7-9-18)14-19(28)15-32-23-20-10-11-31-24(20)26(30-4)25-22(23)21(29)12-17(3)33-25;7-3(8)1-6(13,5(11)12)2-4(9)10/h5-12,16,19,28H,13-15H2,1-4H3;13H,1-2H2,(H,7,8)(H,9,10)(H,11,12). The third-order valence-corrected chi connectivity index (χ3v) is 6.93. The Labute approximate surface area is 263 Å². The largest absolute Gasteiger partial charge is 0.490 e. The van der Waals surface area contributed by atoms with Gasteiger partial charge < -0.3 is 43.8 Å². The van der Waals surface area contributed by atoms with Gasteiger partial charge in [-0.3, -0.25) is 19.3 Å². The summed E-state index contributed by atoms with van der Waals surface area (Å²) in [5.41, 5.74) is -1.11. The van der Waals surface area contributed by atoms with Crippen LogP contribution in [0.2, 0.25) is 0 Å². The average molecular weight is 644 g/mol. The topological polar surface area (TPSA) is 217 Å². The van der Waals surface area contributed by atoms with Crippen LogP contribution < -0.4 is 14.9 Å². The summed E-state index contributed by atoms with van der Waals surface area (Å²) in [6.45, 7) is 7.03. The normalized spacial score (nSPS) is 12.2. The Balaban J connectivity index is 0.000000376. The molecule has 4 aromatic rings. The number of aliphatic carboxylic acids is 3. The summed E-state index contributed by atoms with van der Waals surface area (Å²) in [5.74, 6) is -3.90. The number of aryl methyl sites for hydroxylation is 1. The maximum atomic E-state index is 12.9. The van der Waals surface area contributed by atoms with E-state index in [2.05, 4.69) is 30.9 Å². The Morgan fingerprint density at radius 2 is 1.61 bits per heavy atom. The molecule has 0 amide bonds. The van der Waals surface area contributed by atoms with Crippen LogP contribution in [-0.2, 0) is 20.9 Å². The summed E-state index contributed by atoms with van der Waals surface area (Å²) in [5, 5.41) is 45.5. The predicted molar refractivity (Wildman–Crippen MR) is 164 cm³/mol. The Morgan fingerprint density at radius 1 is 0.978 bits per heavy atom. The summed E-state index contributed by atoms with van der Waals surface area (Å²) in [7, 11) is 1.50. The minimum Gasteiger partial charge on any atom is -0.490 e. The van der Waals surface area contributed by atoms with Crippen LogP contribution in [0.25, 0.3) is 21.9 Å². The van der Waals surface area contributed by atoms with Crippen LogP contribution in [0.4, 0.5) is 0 Å². The molecule has 0 bridgehead atoms. The van der Waals surface area contributed by atoms with E-state index < -0.39 is 42.5 Å². The zero-order valence-corrected chi connectivity index (χ0v) is 25.8. The zero-order valence-electron chi connectivity index (χ0n) is 25.8. The summed E-state index contributed by atoms with van der Waals surface area (Å²) >= 11 is 0. The molecule has 0 aliphatic rings. The molecule has 248 valence electrons. The van der Waals surface area contributed by atoms with E-state index in [1.54, 1.807) is 13.0 Å². The molecule has 2 heterocycles. The van der Waals surface area contributed by atoms with Crippen LogP contribution in [0.3, 0.4) is 0 Å². The smallest absolute Gasteiger partial charge is 0.336 e. The lowest BCUT2D eigenvalue weighted by Crippen LogP contribution is -2.42. The fraction of sp³-hybridized carbons (Fsp3) is 0.375. The molecule has 5 N–H and O–H groups in total. The maximum Gasteiger partial charge on any atom is 0.336 e. The molecule has 14 heteroatoms. The average Bonchev–Trinajstić information content (AvgIpc) is 3.44. The van der Waals surface area contributed by atoms with E-state index in [1.165, 1.54) is 25.0 Å². The van der Waals surface area contributed by atoms with Crippen LogP contribution in [0.5, 0.6) is 11.5 Å². The number of rotatable bonds is 14. The minimum atomic E-state index is -2.74. The lowest BCUT2D eigenvalue weighted by Gasteiger charge is -2.29. The molecule has 46 heavy (non-hydrogen) atoms. The van der Waals surface area contributed by atoms with Gasteiger partial charge in [0.15, 0.2) is 22.2 Å². The van der Waals surface area contributed by atoms with Gasteiger partial charge in [0, 0.05) is 25.2 Å². The van der Waals surface area contributed by atoms with E-state index in [1.807, 2.05) is 18.2 Å². The second-order valence-electron chi connectivity index (χ2n) is 10.9. The van der Waals surface area contributed by atoms with Gasteiger partial charge in [0.1, 0.15) is 29.6 Å². The van der Waals surface area contributed by atoms with E-state index >= 15 is 0 Å². The Bertz CT molecular complexity index is 1710. The number of methoxy groups -OCH3 is 1. The lowest BCUT2D eigenvalue weighted by molar-refractivity contribution is -0.170. The summed E-state index contributed by atoms with van der Waals surface area (Å²) in [6, 6.07) is 13.5. The molecule has 1 unspecified atom stereocenters. The van der Waals surface area contributed by atoms with Gasteiger partial charge in [-0.2, -0.15) is 0 Å². The van der Waals surface area contributed by atoms with Crippen molar-refractivity contribution in [2.75, 3.05) is 20.3 Å². The van der Waals surface area contributed by atoms with Crippen molar-refractivity contribution in [3.63, 3.8) is 0 Å². The number of aliphatic hydroxyl groups excluding tert-OH is 1. The highest BCUT2D eigenvalue weighted by Crippen LogP contribution is 2.42. The van der Waals surface area contributed by atoms with Gasteiger partial charge in [-0.1, -0.05) is 30.3 Å². The summed E-state index contributed by atoms with van der Waals surface area (Å²) in [4.78, 5) is 45.5. The van der Waals surface area contributed by atoms with E-state index in [0.29, 0.717) is 34.8 Å². The van der Waals surface area contributed by atoms with Crippen molar-refractivity contribution < 1.29 is 58.2 Å². The van der Waals surface area contributed by atoms with Crippen LogP contribution >= 0.6 is 0 Å². The van der Waals surface area contributed by atoms with E-state index in [9.17, 15) is 24.3 Å². The first kappa shape index (κ1) is 35.6. The van der Waals surface area contributed by atoms with Gasteiger partial charge in [-0.25, -0.2) is 4.79 Å². The van der Waals surface area contributed by atoms with Gasteiger partial charge in [0.25, 0.3) is 0 Å². The molecule has 2 aromatic heterocycles. The zero-order chi connectivity index (χ0) is 34.2. The molecule has 0 aliphatic heterocycles. The molecular weight excluding hydrogens is 606 g/mol. The van der Waals surface area contributed by atoms with Crippen molar-refractivity contribution >= 4 is 39.8 Å². The van der Waals surface area contributed by atoms with Crippen LogP contribution in [-0.4, -0.2) is 86.3 Å². The van der Waals surface area contributed by atoms with Gasteiger partial charge in [-0.05, 0) is 32.4 Å². The highest BCUT2D eigenvalue weighted by Gasteiger charge is 2.40. The fourth-order valence-electron chi connectivity index (χ4n) is 4.71. The number of hydrogen-bond donors (Lipinski definition) is 5. The molecule has 0 saturated carbocycles. The summed E-state index contributed by atoms with van der Waals surface area (Å²) in [6.07, 6.45) is -1.55. The number of benzene rings is 2. The SMILES string of the molecule is COc1c2occc2c(OCC(O)CN(Cc2ccccc2)C(C)C)c2c(=O)cc(C)oc12.O=C(O)CC(O)(CC(=O)O)C(=O)O. The first-order valence-corrected chi connectivity index (χ1v) is 14.2. The van der Waals surface area contributed by atoms with Crippen LogP contribution in [0.1, 0.15) is 38.0 Å². The molecule has 4 rings (SSSR count). The van der Waals surface area contributed by atoms with Gasteiger partial charge in [0.05, 0.1) is 31.6 Å². The molecule has 14 nitrogen and oxygen atoms in total. The first-order valence-electron chi connectivity index (χ1n) is 14.2. The van der Waals surface area contributed by atoms with Crippen LogP contribution in [0, 0.1) is 6.92 Å². The molecule has 1 atom stereocenters. The second kappa shape index (κ2) is 15.4. The minimum absolute atomic E-state index is 0.00698. The van der Waals surface area contributed by atoms with Crippen molar-refractivity contribution in [3.05, 3.63) is 70.3 Å². The molecule has 2 aromatic carbocycles. The van der Waals surface area contributed by atoms with Gasteiger partial charge in [-0.15, -0.1) is 0 Å². The quantitative estimate of drug-likeness (QED) is 0.133. The monoisotopic (exact) mass is 643 g/mol. The van der Waals surface area contributed by atoms with Crippen molar-refractivity contribution in [2.24, 2.45) is 0 Å². The van der Waals surface area contributed by atoms with Crippen molar-refractivity contribution in [3.8, 4) is 11.5 Å². The number of nitrogens with zero attached hydrogens (tertiary/aromatic N) is 1. The number of fused-ring (bicyclic) bond motifs is 2. The lowest BCUT2D eigenvalue weighted by atomic mass is 9.96. The Kier molecular flexibility index (Phi) is 11.9. The number of ether oxygens (including phenoxy) is 2. The molecule has 0 spiro atoms. The first-order chi connectivity index (χ1) is 21.7. The highest BCUT2D eigenvalue weighted by molar-refractivity contribution is 6.06. The van der Waals surface area contributed by atoms with Crippen molar-refractivity contribution in [2.45, 2.75) is 57.9 Å². The number of furan rings is 1. The second-order valence-corrected chi connectivity index (χ2v) is 10.9. The molecule has 0 radical (unpaired) electrons. The number of carboxylic acid groups (broad SMARTS) is 3. The fourth-order valence-corrected chi connectivity index (χ4v) is 4.71. The van der Waals surface area contributed by atoms with E-state index in [-0.39, 0.29) is 29.0 Å². The molecule has 0 fully saturated rings. The Morgan fingerprint density at radius 3 is 2.15 bits per heavy atom. The van der Waals surface area contributed by atoms with Crippen molar-refractivity contribution in [1.29, 1.82) is 0 Å². The van der Waals surface area contributed by atoms with E-state index in [0.717, 1.165) is 6.54 Å². The predicted octanol–water partition coefficient (Wildman–Crippen LogP) is 3.26. The van der Waals surface area contributed by atoms with Gasteiger partial charge >= 0.3 is 17.9 Å². The number of carbonyl (C=O) groups is 3. The van der Waals surface area contributed by atoms with Crippen molar-refractivity contribution in [1.82, 2.24) is 4.90 Å². The molecule has 0 aliphatic carbocycles. The number of hydrogen-bond acceptors (Lipinski definition) is 11. The van der Waals surface area contributed by atoms with E-state index in [4.69, 9.17) is 38.7 Å². The maximum absolute atomic E-state index is 12.9. The Hall–Kier alpha value is -4.92. The van der Waals surface area contributed by atoms with Gasteiger partial charge in [0.2, 0.25) is 5.75 Å². The highest BCUT2D eigenvalue weighted by atomic mass is 16.5. The third kappa shape index (κ3) is 8.84. The third-order valence-electron chi connectivity index (χ3n) is 6.93. The molecule has 0 saturated heterocycles. The number of aliphatic hydroxyl groups is 2. The number of carboxylic acids is 3. The molecular formula is C32H37NO13. The summed E-state index contributed by atoms with van der Waals surface area (Å²) < 4.78 is 23.0. The van der Waals surface area contributed by atoms with Crippen LogP contribution in [0.15, 0.2) is 62.4 Å².